The molecule has 19 heavy (non-hydrogen) atoms. The Morgan fingerprint density at radius 1 is 1.16 bits per heavy atom. The minimum atomic E-state index is 0.522. The van der Waals surface area contributed by atoms with Crippen LogP contribution in [0.4, 0.5) is 5.82 Å². The Hall–Kier alpha value is -1.32. The maximum Gasteiger partial charge on any atom is 0.218 e. The summed E-state index contributed by atoms with van der Waals surface area (Å²) in [6.07, 6.45) is 8.92. The van der Waals surface area contributed by atoms with Gasteiger partial charge in [0.25, 0.3) is 0 Å². The molecule has 0 amide bonds. The molecule has 2 aliphatic rings. The zero-order valence-corrected chi connectivity index (χ0v) is 11.7. The smallest absolute Gasteiger partial charge is 0.218 e. The first-order valence-electron chi connectivity index (χ1n) is 7.63. The van der Waals surface area contributed by atoms with Crippen LogP contribution in [0.2, 0.25) is 0 Å². The third-order valence-electron chi connectivity index (χ3n) is 3.91. The summed E-state index contributed by atoms with van der Waals surface area (Å²) in [6.45, 7) is 2.65. The second-order valence-corrected chi connectivity index (χ2v) is 5.64. The lowest BCUT2D eigenvalue weighted by molar-refractivity contribution is 0.322. The highest BCUT2D eigenvalue weighted by Crippen LogP contribution is 2.33. The van der Waals surface area contributed by atoms with Crippen LogP contribution in [0.3, 0.4) is 0 Å². The molecule has 1 aromatic rings. The second kappa shape index (κ2) is 5.76. The number of aromatic nitrogens is 2. The van der Waals surface area contributed by atoms with Crippen molar-refractivity contribution >= 4 is 5.82 Å². The summed E-state index contributed by atoms with van der Waals surface area (Å²) in [4.78, 5) is 9.32. The van der Waals surface area contributed by atoms with Gasteiger partial charge in [0.1, 0.15) is 11.6 Å². The van der Waals surface area contributed by atoms with Gasteiger partial charge in [0, 0.05) is 18.0 Å². The van der Waals surface area contributed by atoms with Crippen LogP contribution in [0.1, 0.15) is 63.6 Å². The fraction of sp³-hybridized carbons (Fsp3) is 0.733. The van der Waals surface area contributed by atoms with Gasteiger partial charge in [0.2, 0.25) is 5.88 Å². The summed E-state index contributed by atoms with van der Waals surface area (Å²) >= 11 is 0. The van der Waals surface area contributed by atoms with E-state index in [4.69, 9.17) is 9.72 Å². The van der Waals surface area contributed by atoms with Crippen LogP contribution in [-0.2, 0) is 0 Å². The average molecular weight is 261 g/mol. The molecule has 104 valence electrons. The Kier molecular flexibility index (Phi) is 3.85. The molecule has 0 unspecified atom stereocenters. The molecule has 3 rings (SSSR count). The Morgan fingerprint density at radius 3 is 2.63 bits per heavy atom. The molecule has 0 bridgehead atoms. The molecule has 0 spiro atoms. The topological polar surface area (TPSA) is 47.0 Å². The van der Waals surface area contributed by atoms with E-state index in [1.54, 1.807) is 0 Å². The summed E-state index contributed by atoms with van der Waals surface area (Å²) < 4.78 is 5.59. The Bertz CT molecular complexity index is 425. The molecule has 1 aromatic heterocycles. The number of nitrogens with one attached hydrogen (secondary N) is 1. The van der Waals surface area contributed by atoms with E-state index in [2.05, 4.69) is 10.3 Å². The quantitative estimate of drug-likeness (QED) is 0.881. The van der Waals surface area contributed by atoms with Gasteiger partial charge in [0.05, 0.1) is 6.61 Å². The van der Waals surface area contributed by atoms with Crippen LogP contribution in [0.5, 0.6) is 5.88 Å². The van der Waals surface area contributed by atoms with E-state index in [0.29, 0.717) is 18.6 Å². The average Bonchev–Trinajstić information content (AvgIpc) is 3.24. The molecule has 2 saturated carbocycles. The minimum Gasteiger partial charge on any atom is -0.478 e. The molecule has 1 heterocycles. The monoisotopic (exact) mass is 261 g/mol. The summed E-state index contributed by atoms with van der Waals surface area (Å²) in [5.74, 6) is 3.17. The third kappa shape index (κ3) is 3.37. The first-order valence-corrected chi connectivity index (χ1v) is 7.63. The standard InChI is InChI=1S/C15H23N3O/c1-2-19-14-10-13(16-12-8-9-12)17-15(18-14)11-6-4-3-5-7-11/h10-12H,2-9H2,1H3,(H,16,17,18). The maximum atomic E-state index is 5.59. The van der Waals surface area contributed by atoms with Crippen molar-refractivity contribution in [2.45, 2.75) is 63.8 Å². The van der Waals surface area contributed by atoms with E-state index in [-0.39, 0.29) is 0 Å². The van der Waals surface area contributed by atoms with E-state index >= 15 is 0 Å². The van der Waals surface area contributed by atoms with Crippen LogP contribution in [0, 0.1) is 0 Å². The van der Waals surface area contributed by atoms with Gasteiger partial charge in [-0.3, -0.25) is 0 Å². The molecule has 2 fully saturated rings. The summed E-state index contributed by atoms with van der Waals surface area (Å²) in [7, 11) is 0. The number of anilines is 1. The van der Waals surface area contributed by atoms with Gasteiger partial charge in [-0.1, -0.05) is 19.3 Å². The lowest BCUT2D eigenvalue weighted by atomic mass is 9.89. The van der Waals surface area contributed by atoms with Crippen LogP contribution in [0.15, 0.2) is 6.07 Å². The minimum absolute atomic E-state index is 0.522. The van der Waals surface area contributed by atoms with Crippen LogP contribution in [0.25, 0.3) is 0 Å². The van der Waals surface area contributed by atoms with Crippen molar-refractivity contribution in [1.29, 1.82) is 0 Å². The fourth-order valence-corrected chi connectivity index (χ4v) is 2.72. The lowest BCUT2D eigenvalue weighted by Gasteiger charge is -2.21. The lowest BCUT2D eigenvalue weighted by Crippen LogP contribution is -2.12. The van der Waals surface area contributed by atoms with E-state index in [9.17, 15) is 0 Å². The van der Waals surface area contributed by atoms with Gasteiger partial charge < -0.3 is 10.1 Å². The number of ether oxygens (including phenoxy) is 1. The molecule has 0 aliphatic heterocycles. The predicted octanol–water partition coefficient (Wildman–Crippen LogP) is 3.50. The van der Waals surface area contributed by atoms with E-state index in [0.717, 1.165) is 17.5 Å². The van der Waals surface area contributed by atoms with Gasteiger partial charge >= 0.3 is 0 Å². The maximum absolute atomic E-state index is 5.59. The molecule has 0 atom stereocenters. The van der Waals surface area contributed by atoms with Crippen LogP contribution < -0.4 is 10.1 Å². The summed E-state index contributed by atoms with van der Waals surface area (Å²) in [6, 6.07) is 2.55. The van der Waals surface area contributed by atoms with E-state index < -0.39 is 0 Å². The predicted molar refractivity (Wildman–Crippen MR) is 75.7 cm³/mol. The molecular formula is C15H23N3O. The summed E-state index contributed by atoms with van der Waals surface area (Å²) in [5, 5.41) is 3.46. The molecule has 4 nitrogen and oxygen atoms in total. The Morgan fingerprint density at radius 2 is 1.95 bits per heavy atom. The highest BCUT2D eigenvalue weighted by atomic mass is 16.5. The third-order valence-corrected chi connectivity index (χ3v) is 3.91. The van der Waals surface area contributed by atoms with Crippen molar-refractivity contribution in [3.05, 3.63) is 11.9 Å². The molecule has 2 aliphatic carbocycles. The first kappa shape index (κ1) is 12.7. The number of hydrogen-bond donors (Lipinski definition) is 1. The highest BCUT2D eigenvalue weighted by molar-refractivity contribution is 5.41. The van der Waals surface area contributed by atoms with E-state index in [1.165, 1.54) is 44.9 Å². The van der Waals surface area contributed by atoms with Gasteiger partial charge in [-0.05, 0) is 32.6 Å². The van der Waals surface area contributed by atoms with Gasteiger partial charge in [-0.15, -0.1) is 0 Å². The van der Waals surface area contributed by atoms with Crippen molar-refractivity contribution in [1.82, 2.24) is 9.97 Å². The second-order valence-electron chi connectivity index (χ2n) is 5.64. The Labute approximate surface area is 115 Å². The van der Waals surface area contributed by atoms with Crippen molar-refractivity contribution in [3.63, 3.8) is 0 Å². The van der Waals surface area contributed by atoms with Gasteiger partial charge in [0.15, 0.2) is 0 Å². The number of rotatable bonds is 5. The Balaban J connectivity index is 1.80. The van der Waals surface area contributed by atoms with E-state index in [1.807, 2.05) is 13.0 Å². The molecular weight excluding hydrogens is 238 g/mol. The zero-order valence-electron chi connectivity index (χ0n) is 11.7. The van der Waals surface area contributed by atoms with Crippen molar-refractivity contribution in [3.8, 4) is 5.88 Å². The van der Waals surface area contributed by atoms with Gasteiger partial charge in [-0.25, -0.2) is 4.98 Å². The summed E-state index contributed by atoms with van der Waals surface area (Å²) in [5.41, 5.74) is 0. The molecule has 1 N–H and O–H groups in total. The highest BCUT2D eigenvalue weighted by Gasteiger charge is 2.24. The van der Waals surface area contributed by atoms with Crippen LogP contribution in [-0.4, -0.2) is 22.6 Å². The first-order chi connectivity index (χ1) is 9.35. The van der Waals surface area contributed by atoms with Gasteiger partial charge in [-0.2, -0.15) is 4.98 Å². The van der Waals surface area contributed by atoms with Crippen molar-refractivity contribution < 1.29 is 4.74 Å². The SMILES string of the molecule is CCOc1cc(NC2CC2)nc(C2CCCCC2)n1. The zero-order chi connectivity index (χ0) is 13.1. The van der Waals surface area contributed by atoms with Crippen molar-refractivity contribution in [2.75, 3.05) is 11.9 Å². The normalized spacial score (nSPS) is 20.3. The fourth-order valence-electron chi connectivity index (χ4n) is 2.72. The molecule has 0 aromatic carbocycles. The number of hydrogen-bond acceptors (Lipinski definition) is 4. The van der Waals surface area contributed by atoms with Crippen molar-refractivity contribution in [2.24, 2.45) is 0 Å². The number of nitrogens with zero attached hydrogens (tertiary/aromatic N) is 2. The molecule has 4 heteroatoms. The largest absolute Gasteiger partial charge is 0.478 e. The molecule has 0 radical (unpaired) electrons. The molecule has 0 saturated heterocycles. The van der Waals surface area contributed by atoms with Crippen LogP contribution >= 0.6 is 0 Å².